The maximum atomic E-state index is 6.11. The van der Waals surface area contributed by atoms with E-state index < -0.39 is 0 Å². The zero-order valence-corrected chi connectivity index (χ0v) is 10.1. The highest BCUT2D eigenvalue weighted by Crippen LogP contribution is 2.28. The second kappa shape index (κ2) is 4.88. The summed E-state index contributed by atoms with van der Waals surface area (Å²) in [6.07, 6.45) is 3.58. The average molecular weight is 219 g/mol. The van der Waals surface area contributed by atoms with Crippen LogP contribution in [0.3, 0.4) is 0 Å². The molecule has 0 radical (unpaired) electrons. The van der Waals surface area contributed by atoms with Gasteiger partial charge in [-0.1, -0.05) is 25.1 Å². The van der Waals surface area contributed by atoms with Gasteiger partial charge in [0.25, 0.3) is 0 Å². The Hall–Kier alpha value is -1.02. The Labute approximate surface area is 97.8 Å². The van der Waals surface area contributed by atoms with Crippen LogP contribution in [0.15, 0.2) is 24.3 Å². The highest BCUT2D eigenvalue weighted by atomic mass is 16.5. The molecule has 1 aliphatic rings. The first-order valence-corrected chi connectivity index (χ1v) is 6.14. The van der Waals surface area contributed by atoms with Crippen LogP contribution in [0.25, 0.3) is 0 Å². The van der Waals surface area contributed by atoms with Crippen LogP contribution in [0.1, 0.15) is 31.7 Å². The fourth-order valence-corrected chi connectivity index (χ4v) is 2.34. The van der Waals surface area contributed by atoms with Gasteiger partial charge < -0.3 is 10.5 Å². The molecular formula is C14H21NO. The van der Waals surface area contributed by atoms with Gasteiger partial charge >= 0.3 is 0 Å². The number of benzene rings is 1. The molecule has 1 fully saturated rings. The van der Waals surface area contributed by atoms with Gasteiger partial charge in [-0.15, -0.1) is 0 Å². The topological polar surface area (TPSA) is 35.2 Å². The van der Waals surface area contributed by atoms with Crippen LogP contribution in [0.4, 0.5) is 0 Å². The number of ether oxygens (including phenoxy) is 1. The Balaban J connectivity index is 2.06. The van der Waals surface area contributed by atoms with Gasteiger partial charge in [0.2, 0.25) is 0 Å². The van der Waals surface area contributed by atoms with Crippen molar-refractivity contribution in [3.05, 3.63) is 29.8 Å². The van der Waals surface area contributed by atoms with Crippen molar-refractivity contribution >= 4 is 0 Å². The molecule has 2 N–H and O–H groups in total. The van der Waals surface area contributed by atoms with E-state index in [0.717, 1.165) is 24.5 Å². The van der Waals surface area contributed by atoms with Gasteiger partial charge in [0.05, 0.1) is 0 Å². The fourth-order valence-electron chi connectivity index (χ4n) is 2.34. The van der Waals surface area contributed by atoms with E-state index in [2.05, 4.69) is 19.9 Å². The van der Waals surface area contributed by atoms with E-state index in [-0.39, 0.29) is 12.1 Å². The van der Waals surface area contributed by atoms with Gasteiger partial charge in [0.1, 0.15) is 11.9 Å². The van der Waals surface area contributed by atoms with Gasteiger partial charge in [0.15, 0.2) is 0 Å². The molecule has 88 valence electrons. The third-order valence-electron chi connectivity index (χ3n) is 3.48. The van der Waals surface area contributed by atoms with Crippen LogP contribution < -0.4 is 10.5 Å². The summed E-state index contributed by atoms with van der Waals surface area (Å²) in [6.45, 7) is 4.35. The van der Waals surface area contributed by atoms with Crippen LogP contribution in [0.5, 0.6) is 5.75 Å². The quantitative estimate of drug-likeness (QED) is 0.830. The van der Waals surface area contributed by atoms with Crippen LogP contribution in [0.2, 0.25) is 0 Å². The van der Waals surface area contributed by atoms with Crippen molar-refractivity contribution in [1.82, 2.24) is 0 Å². The maximum Gasteiger partial charge on any atom is 0.122 e. The maximum absolute atomic E-state index is 6.11. The third-order valence-corrected chi connectivity index (χ3v) is 3.48. The summed E-state index contributed by atoms with van der Waals surface area (Å²) >= 11 is 0. The molecule has 0 heterocycles. The van der Waals surface area contributed by atoms with Gasteiger partial charge in [-0.05, 0) is 43.7 Å². The molecule has 0 aromatic heterocycles. The molecule has 16 heavy (non-hydrogen) atoms. The lowest BCUT2D eigenvalue weighted by molar-refractivity contribution is 0.107. The lowest BCUT2D eigenvalue weighted by Crippen LogP contribution is -2.43. The van der Waals surface area contributed by atoms with Crippen molar-refractivity contribution in [2.45, 2.75) is 45.3 Å². The minimum Gasteiger partial charge on any atom is -0.489 e. The van der Waals surface area contributed by atoms with Crippen molar-refractivity contribution in [3.63, 3.8) is 0 Å². The first kappa shape index (κ1) is 11.5. The molecule has 1 aliphatic carbocycles. The smallest absolute Gasteiger partial charge is 0.122 e. The molecule has 1 aromatic carbocycles. The first-order chi connectivity index (χ1) is 7.66. The highest BCUT2D eigenvalue weighted by molar-refractivity contribution is 5.32. The molecule has 0 saturated heterocycles. The van der Waals surface area contributed by atoms with E-state index in [0.29, 0.717) is 0 Å². The van der Waals surface area contributed by atoms with Crippen LogP contribution in [0, 0.1) is 12.8 Å². The summed E-state index contributed by atoms with van der Waals surface area (Å²) in [4.78, 5) is 0. The SMILES string of the molecule is Cc1ccccc1OC1CC(C)CCC1N. The zero-order valence-electron chi connectivity index (χ0n) is 10.1. The molecule has 0 spiro atoms. The molecule has 0 bridgehead atoms. The van der Waals surface area contributed by atoms with Crippen molar-refractivity contribution in [3.8, 4) is 5.75 Å². The summed E-state index contributed by atoms with van der Waals surface area (Å²) in [5.74, 6) is 1.71. The Morgan fingerprint density at radius 2 is 2.00 bits per heavy atom. The molecule has 1 saturated carbocycles. The van der Waals surface area contributed by atoms with Crippen molar-refractivity contribution in [2.75, 3.05) is 0 Å². The summed E-state index contributed by atoms with van der Waals surface area (Å²) in [5.41, 5.74) is 7.30. The molecule has 1 aromatic rings. The number of para-hydroxylation sites is 1. The summed E-state index contributed by atoms with van der Waals surface area (Å²) < 4.78 is 6.04. The molecular weight excluding hydrogens is 198 g/mol. The predicted molar refractivity (Wildman–Crippen MR) is 66.6 cm³/mol. The van der Waals surface area contributed by atoms with Gasteiger partial charge in [-0.25, -0.2) is 0 Å². The van der Waals surface area contributed by atoms with Gasteiger partial charge in [-0.2, -0.15) is 0 Å². The van der Waals surface area contributed by atoms with E-state index in [1.165, 1.54) is 12.0 Å². The number of rotatable bonds is 2. The Bertz CT molecular complexity index is 350. The van der Waals surface area contributed by atoms with E-state index in [1.807, 2.05) is 18.2 Å². The second-order valence-electron chi connectivity index (χ2n) is 5.00. The van der Waals surface area contributed by atoms with Gasteiger partial charge in [0, 0.05) is 6.04 Å². The van der Waals surface area contributed by atoms with Crippen LogP contribution >= 0.6 is 0 Å². The second-order valence-corrected chi connectivity index (χ2v) is 5.00. The van der Waals surface area contributed by atoms with Crippen LogP contribution in [-0.4, -0.2) is 12.1 Å². The third kappa shape index (κ3) is 2.56. The molecule has 0 amide bonds. The van der Waals surface area contributed by atoms with E-state index in [4.69, 9.17) is 10.5 Å². The normalized spacial score (nSPS) is 30.1. The Morgan fingerprint density at radius 3 is 2.75 bits per heavy atom. The Kier molecular flexibility index (Phi) is 3.49. The lowest BCUT2D eigenvalue weighted by Gasteiger charge is -2.33. The molecule has 3 atom stereocenters. The molecule has 2 nitrogen and oxygen atoms in total. The van der Waals surface area contributed by atoms with Crippen molar-refractivity contribution in [1.29, 1.82) is 0 Å². The zero-order chi connectivity index (χ0) is 11.5. The monoisotopic (exact) mass is 219 g/mol. The van der Waals surface area contributed by atoms with Crippen molar-refractivity contribution in [2.24, 2.45) is 11.7 Å². The minimum atomic E-state index is 0.185. The molecule has 3 unspecified atom stereocenters. The van der Waals surface area contributed by atoms with E-state index in [1.54, 1.807) is 0 Å². The Morgan fingerprint density at radius 1 is 1.25 bits per heavy atom. The first-order valence-electron chi connectivity index (χ1n) is 6.14. The molecule has 2 heteroatoms. The number of hydrogen-bond donors (Lipinski definition) is 1. The van der Waals surface area contributed by atoms with Gasteiger partial charge in [-0.3, -0.25) is 0 Å². The number of aryl methyl sites for hydroxylation is 1. The standard InChI is InChI=1S/C14H21NO/c1-10-7-8-12(15)14(9-10)16-13-6-4-3-5-11(13)2/h3-6,10,12,14H,7-9,15H2,1-2H3. The average Bonchev–Trinajstić information content (AvgIpc) is 2.27. The number of nitrogens with two attached hydrogens (primary N) is 1. The summed E-state index contributed by atoms with van der Waals surface area (Å²) in [6, 6.07) is 8.34. The summed E-state index contributed by atoms with van der Waals surface area (Å²) in [5, 5.41) is 0. The van der Waals surface area contributed by atoms with Crippen molar-refractivity contribution < 1.29 is 4.74 Å². The van der Waals surface area contributed by atoms with E-state index in [9.17, 15) is 0 Å². The number of hydrogen-bond acceptors (Lipinski definition) is 2. The largest absolute Gasteiger partial charge is 0.489 e. The lowest BCUT2D eigenvalue weighted by atomic mass is 9.85. The molecule has 2 rings (SSSR count). The predicted octanol–water partition coefficient (Wildman–Crippen LogP) is 2.89. The highest BCUT2D eigenvalue weighted by Gasteiger charge is 2.27. The minimum absolute atomic E-state index is 0.185. The fraction of sp³-hybridized carbons (Fsp3) is 0.571. The van der Waals surface area contributed by atoms with E-state index >= 15 is 0 Å². The van der Waals surface area contributed by atoms with Crippen LogP contribution in [-0.2, 0) is 0 Å². The molecule has 0 aliphatic heterocycles. The summed E-state index contributed by atoms with van der Waals surface area (Å²) in [7, 11) is 0.